The van der Waals surface area contributed by atoms with Crippen LogP contribution < -0.4 is 5.73 Å². The van der Waals surface area contributed by atoms with Gasteiger partial charge in [0, 0.05) is 0 Å². The highest BCUT2D eigenvalue weighted by atomic mass is 16.6. The van der Waals surface area contributed by atoms with Gasteiger partial charge in [-0.3, -0.25) is 4.79 Å². The Morgan fingerprint density at radius 3 is 2.33 bits per heavy atom. The number of carbonyl (C=O) groups is 2. The molecule has 1 rings (SSSR count). The smallest absolute Gasteiger partial charge is 0.351 e. The van der Waals surface area contributed by atoms with Gasteiger partial charge in [-0.2, -0.15) is 0 Å². The molecular formula is C16H21NO4. The summed E-state index contributed by atoms with van der Waals surface area (Å²) in [6.07, 6.45) is 1.58. The summed E-state index contributed by atoms with van der Waals surface area (Å²) in [7, 11) is 0. The van der Waals surface area contributed by atoms with Crippen molar-refractivity contribution in [1.82, 2.24) is 0 Å². The molecule has 0 unspecified atom stereocenters. The predicted octanol–water partition coefficient (Wildman–Crippen LogP) is 2.11. The first-order valence-electron chi connectivity index (χ1n) is 6.66. The highest BCUT2D eigenvalue weighted by Crippen LogP contribution is 2.17. The van der Waals surface area contributed by atoms with Crippen LogP contribution in [0, 0.1) is 5.92 Å². The van der Waals surface area contributed by atoms with E-state index in [4.69, 9.17) is 15.6 Å². The molecule has 0 amide bonds. The minimum absolute atomic E-state index is 0.337. The molecule has 0 heterocycles. The van der Waals surface area contributed by atoms with Crippen LogP contribution in [0.15, 0.2) is 42.1 Å². The van der Waals surface area contributed by atoms with Crippen LogP contribution in [0.3, 0.4) is 0 Å². The molecule has 5 heteroatoms. The fourth-order valence-corrected chi connectivity index (χ4v) is 1.74. The molecule has 0 aliphatic carbocycles. The quantitative estimate of drug-likeness (QED) is 0.640. The van der Waals surface area contributed by atoms with Crippen LogP contribution in [0.1, 0.15) is 26.3 Å². The molecule has 0 saturated carbocycles. The first-order valence-corrected chi connectivity index (χ1v) is 6.66. The molecule has 0 saturated heterocycles. The average molecular weight is 291 g/mol. The van der Waals surface area contributed by atoms with Crippen LogP contribution >= 0.6 is 0 Å². The standard InChI is InChI=1S/C16H21NO4/c1-16(2,3)21-15(20)12(10-13(17)14(18)19)9-11-7-5-4-6-8-11/h4-8,10,12H,9,17H2,1-3H3,(H,18,19)/b13-10+/t12-/m1/s1. The number of carboxylic acids is 1. The van der Waals surface area contributed by atoms with Gasteiger partial charge in [0.25, 0.3) is 0 Å². The predicted molar refractivity (Wildman–Crippen MR) is 79.4 cm³/mol. The van der Waals surface area contributed by atoms with Gasteiger partial charge in [0.1, 0.15) is 11.3 Å². The van der Waals surface area contributed by atoms with E-state index in [1.165, 1.54) is 6.08 Å². The van der Waals surface area contributed by atoms with E-state index in [0.717, 1.165) is 5.56 Å². The SMILES string of the molecule is CC(C)(C)OC(=O)[C@@H](/C=C(/N)C(=O)O)Cc1ccccc1. The van der Waals surface area contributed by atoms with Crippen LogP contribution in [0.5, 0.6) is 0 Å². The molecule has 0 aliphatic rings. The average Bonchev–Trinajstić information content (AvgIpc) is 2.36. The Bertz CT molecular complexity index is 529. The Kier molecular flexibility index (Phi) is 5.52. The first-order chi connectivity index (χ1) is 9.69. The molecule has 21 heavy (non-hydrogen) atoms. The van der Waals surface area contributed by atoms with E-state index in [1.807, 2.05) is 30.3 Å². The summed E-state index contributed by atoms with van der Waals surface area (Å²) in [5, 5.41) is 8.87. The van der Waals surface area contributed by atoms with Gasteiger partial charge in [-0.25, -0.2) is 4.79 Å². The zero-order chi connectivity index (χ0) is 16.0. The minimum atomic E-state index is -1.25. The molecule has 0 fully saturated rings. The number of nitrogens with two attached hydrogens (primary N) is 1. The molecular weight excluding hydrogens is 270 g/mol. The van der Waals surface area contributed by atoms with Gasteiger partial charge in [0.15, 0.2) is 0 Å². The lowest BCUT2D eigenvalue weighted by atomic mass is 9.98. The molecule has 1 aromatic carbocycles. The van der Waals surface area contributed by atoms with E-state index in [1.54, 1.807) is 20.8 Å². The summed E-state index contributed by atoms with van der Waals surface area (Å²) in [5.41, 5.74) is 5.33. The number of carbonyl (C=O) groups excluding carboxylic acids is 1. The number of esters is 1. The van der Waals surface area contributed by atoms with Crippen LogP contribution in [0.4, 0.5) is 0 Å². The van der Waals surface area contributed by atoms with E-state index in [9.17, 15) is 9.59 Å². The Morgan fingerprint density at radius 2 is 1.86 bits per heavy atom. The summed E-state index contributed by atoms with van der Waals surface area (Å²) in [6, 6.07) is 9.30. The summed E-state index contributed by atoms with van der Waals surface area (Å²) in [4.78, 5) is 23.1. The maximum absolute atomic E-state index is 12.2. The van der Waals surface area contributed by atoms with Crippen LogP contribution in [0.2, 0.25) is 0 Å². The van der Waals surface area contributed by atoms with Crippen LogP contribution in [-0.2, 0) is 20.7 Å². The molecule has 5 nitrogen and oxygen atoms in total. The molecule has 1 atom stereocenters. The van der Waals surface area contributed by atoms with Gasteiger partial charge in [0.2, 0.25) is 0 Å². The lowest BCUT2D eigenvalue weighted by Crippen LogP contribution is -2.30. The van der Waals surface area contributed by atoms with Crippen molar-refractivity contribution >= 4 is 11.9 Å². The number of aliphatic carboxylic acids is 1. The number of hydrogen-bond acceptors (Lipinski definition) is 4. The lowest BCUT2D eigenvalue weighted by Gasteiger charge is -2.23. The van der Waals surface area contributed by atoms with Crippen molar-refractivity contribution in [1.29, 1.82) is 0 Å². The molecule has 1 aromatic rings. The maximum Gasteiger partial charge on any atom is 0.351 e. The van der Waals surface area contributed by atoms with Crippen molar-refractivity contribution < 1.29 is 19.4 Å². The van der Waals surface area contributed by atoms with E-state index in [0.29, 0.717) is 6.42 Å². The van der Waals surface area contributed by atoms with E-state index >= 15 is 0 Å². The van der Waals surface area contributed by atoms with Crippen LogP contribution in [-0.4, -0.2) is 22.6 Å². The Morgan fingerprint density at radius 1 is 1.29 bits per heavy atom. The summed E-state index contributed by atoms with van der Waals surface area (Å²) in [5.74, 6) is -2.48. The van der Waals surface area contributed by atoms with Gasteiger partial charge in [-0.15, -0.1) is 0 Å². The topological polar surface area (TPSA) is 89.6 Å². The maximum atomic E-state index is 12.2. The largest absolute Gasteiger partial charge is 0.477 e. The van der Waals surface area contributed by atoms with E-state index in [2.05, 4.69) is 0 Å². The second kappa shape index (κ2) is 6.92. The molecule has 0 radical (unpaired) electrons. The number of hydrogen-bond donors (Lipinski definition) is 2. The minimum Gasteiger partial charge on any atom is -0.477 e. The number of benzene rings is 1. The first kappa shape index (κ1) is 16.8. The number of rotatable bonds is 5. The van der Waals surface area contributed by atoms with Gasteiger partial charge < -0.3 is 15.6 Å². The highest BCUT2D eigenvalue weighted by Gasteiger charge is 2.25. The number of ether oxygens (including phenoxy) is 1. The zero-order valence-corrected chi connectivity index (χ0v) is 12.5. The molecule has 0 spiro atoms. The third-order valence-electron chi connectivity index (χ3n) is 2.64. The zero-order valence-electron chi connectivity index (χ0n) is 12.5. The van der Waals surface area contributed by atoms with Crippen LogP contribution in [0.25, 0.3) is 0 Å². The Labute approximate surface area is 124 Å². The summed E-state index contributed by atoms with van der Waals surface area (Å²) < 4.78 is 5.32. The van der Waals surface area contributed by atoms with Crippen molar-refractivity contribution in [2.75, 3.05) is 0 Å². The normalized spacial score (nSPS) is 13.6. The fraction of sp³-hybridized carbons (Fsp3) is 0.375. The molecule has 0 aliphatic heterocycles. The van der Waals surface area contributed by atoms with Gasteiger partial charge >= 0.3 is 11.9 Å². The third-order valence-corrected chi connectivity index (χ3v) is 2.64. The monoisotopic (exact) mass is 291 g/mol. The van der Waals surface area contributed by atoms with Crippen molar-refractivity contribution in [3.05, 3.63) is 47.7 Å². The summed E-state index contributed by atoms with van der Waals surface area (Å²) in [6.45, 7) is 5.28. The van der Waals surface area contributed by atoms with E-state index < -0.39 is 23.5 Å². The molecule has 0 aromatic heterocycles. The molecule has 3 N–H and O–H groups in total. The second-order valence-electron chi connectivity index (χ2n) is 5.76. The van der Waals surface area contributed by atoms with Gasteiger partial charge in [0.05, 0.1) is 5.92 Å². The summed E-state index contributed by atoms with van der Waals surface area (Å²) >= 11 is 0. The van der Waals surface area contributed by atoms with Crippen molar-refractivity contribution in [3.8, 4) is 0 Å². The lowest BCUT2D eigenvalue weighted by molar-refractivity contribution is -0.158. The Hall–Kier alpha value is -2.30. The number of carboxylic acid groups (broad SMARTS) is 1. The van der Waals surface area contributed by atoms with Crippen molar-refractivity contribution in [2.24, 2.45) is 11.7 Å². The highest BCUT2D eigenvalue weighted by molar-refractivity contribution is 5.87. The van der Waals surface area contributed by atoms with Crippen molar-refractivity contribution in [2.45, 2.75) is 32.8 Å². The Balaban J connectivity index is 2.97. The molecule has 0 bridgehead atoms. The fourth-order valence-electron chi connectivity index (χ4n) is 1.74. The van der Waals surface area contributed by atoms with Crippen molar-refractivity contribution in [3.63, 3.8) is 0 Å². The van der Waals surface area contributed by atoms with Gasteiger partial charge in [-0.1, -0.05) is 30.3 Å². The van der Waals surface area contributed by atoms with Gasteiger partial charge in [-0.05, 0) is 38.8 Å². The molecule has 114 valence electrons. The second-order valence-corrected chi connectivity index (χ2v) is 5.76. The third kappa shape index (κ3) is 6.12. The van der Waals surface area contributed by atoms with E-state index in [-0.39, 0.29) is 5.70 Å².